The van der Waals surface area contributed by atoms with Crippen LogP contribution in [-0.4, -0.2) is 22.4 Å². The summed E-state index contributed by atoms with van der Waals surface area (Å²) in [6.45, 7) is 2.37. The Kier molecular flexibility index (Phi) is 4.92. The molecule has 112 valence electrons. The Morgan fingerprint density at radius 1 is 1.43 bits per heavy atom. The number of urea groups is 1. The van der Waals surface area contributed by atoms with Gasteiger partial charge in [-0.1, -0.05) is 6.07 Å². The molecule has 0 saturated heterocycles. The predicted octanol–water partition coefficient (Wildman–Crippen LogP) is 2.62. The molecule has 0 aliphatic heterocycles. The third kappa shape index (κ3) is 4.59. The van der Waals surface area contributed by atoms with Crippen LogP contribution in [0.15, 0.2) is 30.6 Å². The van der Waals surface area contributed by atoms with Gasteiger partial charge in [0.05, 0.1) is 6.20 Å². The van der Waals surface area contributed by atoms with Gasteiger partial charge in [0.1, 0.15) is 5.82 Å². The molecule has 2 N–H and O–H groups in total. The number of carbonyl (C=O) groups is 1. The zero-order chi connectivity index (χ0) is 15.2. The van der Waals surface area contributed by atoms with Crippen molar-refractivity contribution >= 4 is 11.7 Å². The van der Waals surface area contributed by atoms with Crippen LogP contribution in [0.5, 0.6) is 0 Å². The lowest BCUT2D eigenvalue weighted by atomic mass is 10.2. The van der Waals surface area contributed by atoms with Gasteiger partial charge in [-0.2, -0.15) is 5.10 Å². The maximum absolute atomic E-state index is 13.1. The number of aryl methyl sites for hydroxylation is 3. The van der Waals surface area contributed by atoms with Crippen LogP contribution in [0.4, 0.5) is 14.9 Å². The molecule has 0 saturated carbocycles. The number of nitrogens with zero attached hydrogens (tertiary/aromatic N) is 2. The molecule has 0 aliphatic rings. The number of rotatable bonds is 5. The molecule has 2 aromatic rings. The van der Waals surface area contributed by atoms with Crippen LogP contribution < -0.4 is 10.6 Å². The fraction of sp³-hybridized carbons (Fsp3) is 0.333. The largest absolute Gasteiger partial charge is 0.338 e. The summed E-state index contributed by atoms with van der Waals surface area (Å²) in [5.74, 6) is -0.368. The van der Waals surface area contributed by atoms with Crippen molar-refractivity contribution in [2.75, 3.05) is 11.9 Å². The van der Waals surface area contributed by atoms with Crippen molar-refractivity contribution in [2.24, 2.45) is 7.05 Å². The molecule has 0 aliphatic carbocycles. The molecule has 0 spiro atoms. The third-order valence-corrected chi connectivity index (χ3v) is 3.13. The van der Waals surface area contributed by atoms with E-state index >= 15 is 0 Å². The second-order valence-corrected chi connectivity index (χ2v) is 4.97. The minimum absolute atomic E-state index is 0.324. The highest BCUT2D eigenvalue weighted by Crippen LogP contribution is 2.15. The van der Waals surface area contributed by atoms with Gasteiger partial charge in [0.2, 0.25) is 0 Å². The van der Waals surface area contributed by atoms with Crippen LogP contribution in [-0.2, 0) is 13.5 Å². The Hall–Kier alpha value is -2.37. The van der Waals surface area contributed by atoms with Gasteiger partial charge < -0.3 is 10.6 Å². The number of halogens is 1. The Balaban J connectivity index is 1.73. The SMILES string of the molecule is Cc1ccc(F)cc1NC(=O)NCCCc1cnn(C)c1. The van der Waals surface area contributed by atoms with Crippen molar-refractivity contribution in [3.05, 3.63) is 47.5 Å². The second-order valence-electron chi connectivity index (χ2n) is 4.97. The van der Waals surface area contributed by atoms with Crippen molar-refractivity contribution in [2.45, 2.75) is 19.8 Å². The molecular weight excluding hydrogens is 271 g/mol. The minimum atomic E-state index is -0.368. The molecule has 0 radical (unpaired) electrons. The standard InChI is InChI=1S/C15H19FN4O/c1-11-5-6-13(16)8-14(11)19-15(21)17-7-3-4-12-9-18-20(2)10-12/h5-6,8-10H,3-4,7H2,1-2H3,(H2,17,19,21). The van der Waals surface area contributed by atoms with Crippen molar-refractivity contribution in [3.8, 4) is 0 Å². The summed E-state index contributed by atoms with van der Waals surface area (Å²) >= 11 is 0. The molecule has 5 nitrogen and oxygen atoms in total. The normalized spacial score (nSPS) is 10.4. The molecule has 0 unspecified atom stereocenters. The first-order valence-corrected chi connectivity index (χ1v) is 6.83. The number of aromatic nitrogens is 2. The van der Waals surface area contributed by atoms with Gasteiger partial charge in [0.15, 0.2) is 0 Å². The Labute approximate surface area is 123 Å². The Morgan fingerprint density at radius 2 is 2.24 bits per heavy atom. The van der Waals surface area contributed by atoms with E-state index < -0.39 is 0 Å². The van der Waals surface area contributed by atoms with Crippen molar-refractivity contribution in [3.63, 3.8) is 0 Å². The van der Waals surface area contributed by atoms with Crippen LogP contribution >= 0.6 is 0 Å². The van der Waals surface area contributed by atoms with E-state index in [2.05, 4.69) is 15.7 Å². The molecule has 0 atom stereocenters. The van der Waals surface area contributed by atoms with Crippen molar-refractivity contribution in [1.82, 2.24) is 15.1 Å². The molecule has 2 amide bonds. The fourth-order valence-electron chi connectivity index (χ4n) is 1.99. The monoisotopic (exact) mass is 290 g/mol. The van der Waals surface area contributed by atoms with E-state index in [1.54, 1.807) is 10.7 Å². The highest BCUT2D eigenvalue weighted by Gasteiger charge is 2.05. The van der Waals surface area contributed by atoms with E-state index in [4.69, 9.17) is 0 Å². The minimum Gasteiger partial charge on any atom is -0.338 e. The van der Waals surface area contributed by atoms with E-state index in [1.165, 1.54) is 12.1 Å². The summed E-state index contributed by atoms with van der Waals surface area (Å²) in [5.41, 5.74) is 2.45. The lowest BCUT2D eigenvalue weighted by Gasteiger charge is -2.09. The van der Waals surface area contributed by atoms with Crippen LogP contribution in [0.2, 0.25) is 0 Å². The summed E-state index contributed by atoms with van der Waals surface area (Å²) in [6, 6.07) is 3.99. The first kappa shape index (κ1) is 15.0. The van der Waals surface area contributed by atoms with E-state index in [1.807, 2.05) is 26.4 Å². The van der Waals surface area contributed by atoms with Crippen LogP contribution in [0.25, 0.3) is 0 Å². The van der Waals surface area contributed by atoms with Gasteiger partial charge >= 0.3 is 6.03 Å². The molecule has 21 heavy (non-hydrogen) atoms. The highest BCUT2D eigenvalue weighted by molar-refractivity contribution is 5.89. The summed E-state index contributed by atoms with van der Waals surface area (Å²) < 4.78 is 14.9. The van der Waals surface area contributed by atoms with E-state index in [0.29, 0.717) is 12.2 Å². The van der Waals surface area contributed by atoms with Gasteiger partial charge in [0, 0.05) is 25.5 Å². The molecule has 1 aromatic carbocycles. The number of anilines is 1. The predicted molar refractivity (Wildman–Crippen MR) is 79.7 cm³/mol. The second kappa shape index (κ2) is 6.88. The van der Waals surface area contributed by atoms with E-state index in [-0.39, 0.29) is 11.8 Å². The van der Waals surface area contributed by atoms with Gasteiger partial charge in [-0.05, 0) is 43.0 Å². The van der Waals surface area contributed by atoms with Gasteiger partial charge in [-0.3, -0.25) is 4.68 Å². The molecule has 6 heteroatoms. The lowest BCUT2D eigenvalue weighted by Crippen LogP contribution is -2.30. The highest BCUT2D eigenvalue weighted by atomic mass is 19.1. The molecule has 2 rings (SSSR count). The average molecular weight is 290 g/mol. The lowest BCUT2D eigenvalue weighted by molar-refractivity contribution is 0.252. The summed E-state index contributed by atoms with van der Waals surface area (Å²) in [6.07, 6.45) is 5.45. The number of benzene rings is 1. The Bertz CT molecular complexity index is 624. The number of nitrogens with one attached hydrogen (secondary N) is 2. The van der Waals surface area contributed by atoms with Gasteiger partial charge in [0.25, 0.3) is 0 Å². The van der Waals surface area contributed by atoms with Crippen LogP contribution in [0, 0.1) is 12.7 Å². The Morgan fingerprint density at radius 3 is 2.95 bits per heavy atom. The summed E-state index contributed by atoms with van der Waals surface area (Å²) in [4.78, 5) is 11.7. The molecule has 1 aromatic heterocycles. The van der Waals surface area contributed by atoms with Gasteiger partial charge in [-0.25, -0.2) is 9.18 Å². The zero-order valence-corrected chi connectivity index (χ0v) is 12.2. The molecule has 0 bridgehead atoms. The number of amides is 2. The summed E-state index contributed by atoms with van der Waals surface area (Å²) in [7, 11) is 1.87. The number of hydrogen-bond donors (Lipinski definition) is 2. The molecule has 1 heterocycles. The number of carbonyl (C=O) groups excluding carboxylic acids is 1. The zero-order valence-electron chi connectivity index (χ0n) is 12.2. The van der Waals surface area contributed by atoms with Crippen LogP contribution in [0.1, 0.15) is 17.5 Å². The summed E-state index contributed by atoms with van der Waals surface area (Å²) in [5, 5.41) is 9.49. The van der Waals surface area contributed by atoms with Crippen molar-refractivity contribution < 1.29 is 9.18 Å². The molecular formula is C15H19FN4O. The van der Waals surface area contributed by atoms with E-state index in [9.17, 15) is 9.18 Å². The first-order chi connectivity index (χ1) is 10.0. The van der Waals surface area contributed by atoms with Crippen molar-refractivity contribution in [1.29, 1.82) is 0 Å². The number of hydrogen-bond acceptors (Lipinski definition) is 2. The average Bonchev–Trinajstić information content (AvgIpc) is 2.85. The maximum Gasteiger partial charge on any atom is 0.319 e. The van der Waals surface area contributed by atoms with Gasteiger partial charge in [-0.15, -0.1) is 0 Å². The third-order valence-electron chi connectivity index (χ3n) is 3.13. The first-order valence-electron chi connectivity index (χ1n) is 6.83. The smallest absolute Gasteiger partial charge is 0.319 e. The van der Waals surface area contributed by atoms with E-state index in [0.717, 1.165) is 24.0 Å². The van der Waals surface area contributed by atoms with Crippen LogP contribution in [0.3, 0.4) is 0 Å². The topological polar surface area (TPSA) is 59.0 Å². The fourth-order valence-corrected chi connectivity index (χ4v) is 1.99. The maximum atomic E-state index is 13.1. The quantitative estimate of drug-likeness (QED) is 0.832. The molecule has 0 fully saturated rings.